The van der Waals surface area contributed by atoms with Crippen molar-refractivity contribution in [3.63, 3.8) is 0 Å². The second kappa shape index (κ2) is 7.68. The first-order valence-corrected chi connectivity index (χ1v) is 10.4. The molecular weight excluding hydrogens is 368 g/mol. The summed E-state index contributed by atoms with van der Waals surface area (Å²) >= 11 is 0. The molecule has 0 aliphatic carbocycles. The zero-order chi connectivity index (χ0) is 20.5. The Labute approximate surface area is 177 Å². The molecule has 5 rings (SSSR count). The average molecular weight is 393 g/mol. The fourth-order valence-corrected chi connectivity index (χ4v) is 4.54. The number of hydrogen-bond acceptors (Lipinski definition) is 2. The number of nitrogens with one attached hydrogen (secondary N) is 1. The minimum Gasteiger partial charge on any atom is -0.378 e. The van der Waals surface area contributed by atoms with E-state index in [0.717, 1.165) is 39.7 Å². The Bertz CT molecular complexity index is 1200. The molecule has 1 aliphatic rings. The highest BCUT2D eigenvalue weighted by atomic mass is 16.2. The summed E-state index contributed by atoms with van der Waals surface area (Å²) in [5, 5.41) is 5.75. The fraction of sp³-hybridized carbons (Fsp3) is 0.148. The van der Waals surface area contributed by atoms with Gasteiger partial charge < -0.3 is 10.2 Å². The smallest absolute Gasteiger partial charge is 0.259 e. The summed E-state index contributed by atoms with van der Waals surface area (Å²) in [4.78, 5) is 15.7. The monoisotopic (exact) mass is 392 g/mol. The van der Waals surface area contributed by atoms with Crippen LogP contribution in [0, 0.1) is 0 Å². The highest BCUT2D eigenvalue weighted by Crippen LogP contribution is 2.40. The van der Waals surface area contributed by atoms with Gasteiger partial charge in [-0.2, -0.15) is 0 Å². The highest BCUT2D eigenvalue weighted by Gasteiger charge is 2.34. The molecule has 0 fully saturated rings. The van der Waals surface area contributed by atoms with Gasteiger partial charge in [0, 0.05) is 23.0 Å². The van der Waals surface area contributed by atoms with Crippen LogP contribution in [0.1, 0.15) is 35.3 Å². The lowest BCUT2D eigenvalue weighted by Crippen LogP contribution is -2.44. The van der Waals surface area contributed by atoms with Crippen molar-refractivity contribution in [3.8, 4) is 0 Å². The lowest BCUT2D eigenvalue weighted by Gasteiger charge is -2.40. The number of nitrogens with zero attached hydrogens (tertiary/aromatic N) is 1. The minimum atomic E-state index is 0.0601. The SMILES string of the molecule is C[C@@H]1C[C@@H](Nc2ccccc2)c2ccccc2N1C(=O)c1cccc2ccccc12. The van der Waals surface area contributed by atoms with Crippen molar-refractivity contribution in [2.45, 2.75) is 25.4 Å². The minimum absolute atomic E-state index is 0.0601. The molecule has 1 aliphatic heterocycles. The van der Waals surface area contributed by atoms with Crippen LogP contribution < -0.4 is 10.2 Å². The predicted octanol–water partition coefficient (Wildman–Crippen LogP) is 6.43. The molecule has 0 radical (unpaired) electrons. The van der Waals surface area contributed by atoms with E-state index in [0.29, 0.717) is 0 Å². The van der Waals surface area contributed by atoms with Crippen molar-refractivity contribution in [2.75, 3.05) is 10.2 Å². The normalized spacial score (nSPS) is 18.1. The standard InChI is InChI=1S/C27H24N2O/c1-19-18-25(28-21-12-3-2-4-13-21)24-15-7-8-17-26(24)29(19)27(30)23-16-9-11-20-10-5-6-14-22(20)23/h2-17,19,25,28H,18H2,1H3/t19-,25-/m1/s1. The lowest BCUT2D eigenvalue weighted by atomic mass is 9.90. The van der Waals surface area contributed by atoms with Crippen molar-refractivity contribution >= 4 is 28.1 Å². The van der Waals surface area contributed by atoms with Gasteiger partial charge >= 0.3 is 0 Å². The van der Waals surface area contributed by atoms with E-state index in [1.54, 1.807) is 0 Å². The summed E-state index contributed by atoms with van der Waals surface area (Å²) < 4.78 is 0. The molecule has 30 heavy (non-hydrogen) atoms. The van der Waals surface area contributed by atoms with E-state index in [4.69, 9.17) is 0 Å². The molecule has 0 spiro atoms. The zero-order valence-corrected chi connectivity index (χ0v) is 17.0. The second-order valence-electron chi connectivity index (χ2n) is 7.91. The van der Waals surface area contributed by atoms with Crippen molar-refractivity contribution in [3.05, 3.63) is 108 Å². The maximum absolute atomic E-state index is 13.8. The number of hydrogen-bond donors (Lipinski definition) is 1. The number of fused-ring (bicyclic) bond motifs is 2. The first kappa shape index (κ1) is 18.4. The van der Waals surface area contributed by atoms with Crippen molar-refractivity contribution < 1.29 is 4.79 Å². The maximum Gasteiger partial charge on any atom is 0.259 e. The van der Waals surface area contributed by atoms with Crippen molar-refractivity contribution in [2.24, 2.45) is 0 Å². The van der Waals surface area contributed by atoms with E-state index in [2.05, 4.69) is 54.7 Å². The highest BCUT2D eigenvalue weighted by molar-refractivity contribution is 6.14. The van der Waals surface area contributed by atoms with Gasteiger partial charge in [-0.15, -0.1) is 0 Å². The number of para-hydroxylation sites is 2. The Morgan fingerprint density at radius 3 is 2.40 bits per heavy atom. The number of rotatable bonds is 3. The van der Waals surface area contributed by atoms with Gasteiger partial charge in [0.25, 0.3) is 5.91 Å². The molecule has 0 saturated carbocycles. The number of anilines is 2. The number of carbonyl (C=O) groups excluding carboxylic acids is 1. The molecule has 0 bridgehead atoms. The van der Waals surface area contributed by atoms with E-state index in [9.17, 15) is 4.79 Å². The zero-order valence-electron chi connectivity index (χ0n) is 17.0. The van der Waals surface area contributed by atoms with E-state index in [1.807, 2.05) is 59.5 Å². The summed E-state index contributed by atoms with van der Waals surface area (Å²) in [6.45, 7) is 2.14. The molecule has 0 unspecified atom stereocenters. The third kappa shape index (κ3) is 3.22. The molecule has 148 valence electrons. The van der Waals surface area contributed by atoms with Crippen LogP contribution in [0.5, 0.6) is 0 Å². The first-order chi connectivity index (χ1) is 14.7. The Hall–Kier alpha value is -3.59. The Balaban J connectivity index is 1.55. The van der Waals surface area contributed by atoms with Gasteiger partial charge in [-0.05, 0) is 53.9 Å². The lowest BCUT2D eigenvalue weighted by molar-refractivity contribution is 0.0975. The van der Waals surface area contributed by atoms with Gasteiger partial charge in [-0.3, -0.25) is 4.79 Å². The summed E-state index contributed by atoms with van der Waals surface area (Å²) in [7, 11) is 0. The van der Waals surface area contributed by atoms with Gasteiger partial charge in [-0.25, -0.2) is 0 Å². The number of benzene rings is 4. The van der Waals surface area contributed by atoms with Crippen LogP contribution in [-0.2, 0) is 0 Å². The average Bonchev–Trinajstić information content (AvgIpc) is 2.79. The van der Waals surface area contributed by atoms with Crippen LogP contribution in [0.2, 0.25) is 0 Å². The summed E-state index contributed by atoms with van der Waals surface area (Å²) in [5.41, 5.74) is 4.00. The van der Waals surface area contributed by atoms with Crippen LogP contribution >= 0.6 is 0 Å². The molecule has 1 heterocycles. The molecular formula is C27H24N2O. The summed E-state index contributed by atoms with van der Waals surface area (Å²) in [6.07, 6.45) is 0.850. The van der Waals surface area contributed by atoms with Gasteiger partial charge in [0.2, 0.25) is 0 Å². The number of carbonyl (C=O) groups is 1. The summed E-state index contributed by atoms with van der Waals surface area (Å²) in [6, 6.07) is 32.8. The third-order valence-electron chi connectivity index (χ3n) is 5.94. The van der Waals surface area contributed by atoms with E-state index >= 15 is 0 Å². The van der Waals surface area contributed by atoms with Crippen LogP contribution in [0.25, 0.3) is 10.8 Å². The van der Waals surface area contributed by atoms with Crippen LogP contribution in [0.3, 0.4) is 0 Å². The predicted molar refractivity (Wildman–Crippen MR) is 124 cm³/mol. The molecule has 1 amide bonds. The Morgan fingerprint density at radius 1 is 0.833 bits per heavy atom. The molecule has 1 N–H and O–H groups in total. The summed E-state index contributed by atoms with van der Waals surface area (Å²) in [5.74, 6) is 0.0601. The van der Waals surface area contributed by atoms with Crippen molar-refractivity contribution in [1.29, 1.82) is 0 Å². The maximum atomic E-state index is 13.8. The van der Waals surface area contributed by atoms with E-state index in [-0.39, 0.29) is 18.0 Å². The quantitative estimate of drug-likeness (QED) is 0.435. The van der Waals surface area contributed by atoms with Crippen LogP contribution in [0.15, 0.2) is 97.1 Å². The molecule has 0 saturated heterocycles. The third-order valence-corrected chi connectivity index (χ3v) is 5.94. The first-order valence-electron chi connectivity index (χ1n) is 10.4. The molecule has 3 heteroatoms. The Morgan fingerprint density at radius 2 is 1.53 bits per heavy atom. The Kier molecular flexibility index (Phi) is 4.72. The van der Waals surface area contributed by atoms with Gasteiger partial charge in [0.15, 0.2) is 0 Å². The topological polar surface area (TPSA) is 32.3 Å². The molecule has 3 nitrogen and oxygen atoms in total. The molecule has 0 aromatic heterocycles. The second-order valence-corrected chi connectivity index (χ2v) is 7.91. The van der Waals surface area contributed by atoms with Crippen molar-refractivity contribution in [1.82, 2.24) is 0 Å². The van der Waals surface area contributed by atoms with E-state index in [1.165, 1.54) is 0 Å². The fourth-order valence-electron chi connectivity index (χ4n) is 4.54. The largest absolute Gasteiger partial charge is 0.378 e. The van der Waals surface area contributed by atoms with Gasteiger partial charge in [-0.1, -0.05) is 72.8 Å². The van der Waals surface area contributed by atoms with Crippen LogP contribution in [0.4, 0.5) is 11.4 Å². The van der Waals surface area contributed by atoms with Gasteiger partial charge in [0.05, 0.1) is 6.04 Å². The molecule has 4 aromatic rings. The van der Waals surface area contributed by atoms with Crippen LogP contribution in [-0.4, -0.2) is 11.9 Å². The van der Waals surface area contributed by atoms with Gasteiger partial charge in [0.1, 0.15) is 0 Å². The molecule has 4 aromatic carbocycles. The number of amides is 1. The van der Waals surface area contributed by atoms with E-state index < -0.39 is 0 Å². The molecule has 2 atom stereocenters.